The summed E-state index contributed by atoms with van der Waals surface area (Å²) in [7, 11) is 0. The summed E-state index contributed by atoms with van der Waals surface area (Å²) in [6.07, 6.45) is 1.81. The van der Waals surface area contributed by atoms with Gasteiger partial charge < -0.3 is 4.74 Å². The lowest BCUT2D eigenvalue weighted by molar-refractivity contribution is -0.384. The summed E-state index contributed by atoms with van der Waals surface area (Å²) < 4.78 is 6.24. The maximum Gasteiger partial charge on any atom is 0.270 e. The number of hydrogen-bond donors (Lipinski definition) is 0. The van der Waals surface area contributed by atoms with Gasteiger partial charge in [-0.15, -0.1) is 0 Å². The van der Waals surface area contributed by atoms with Gasteiger partial charge in [-0.3, -0.25) is 19.8 Å². The molecule has 1 aliphatic heterocycles. The SMILES string of the molecule is O=C1/C(=C\c2ccc(OCc3ccc([N+](=O)[O-])cc3)cc2)SC(=S)N1c1ccccc1. The topological polar surface area (TPSA) is 72.7 Å². The number of amides is 1. The molecule has 0 unspecified atom stereocenters. The first-order valence-corrected chi connectivity index (χ1v) is 10.5. The molecule has 31 heavy (non-hydrogen) atoms. The molecular weight excluding hydrogens is 432 g/mol. The third kappa shape index (κ3) is 4.82. The Morgan fingerprint density at radius 3 is 2.32 bits per heavy atom. The van der Waals surface area contributed by atoms with Crippen molar-refractivity contribution in [1.82, 2.24) is 0 Å². The minimum atomic E-state index is -0.434. The lowest BCUT2D eigenvalue weighted by Gasteiger charge is -2.13. The van der Waals surface area contributed by atoms with E-state index >= 15 is 0 Å². The third-order valence-electron chi connectivity index (χ3n) is 4.54. The second-order valence-corrected chi connectivity index (χ2v) is 8.31. The molecule has 3 aromatic rings. The Morgan fingerprint density at radius 1 is 1.00 bits per heavy atom. The molecule has 4 rings (SSSR count). The number of thioether (sulfide) groups is 1. The molecule has 1 fully saturated rings. The van der Waals surface area contributed by atoms with Crippen molar-refractivity contribution in [3.05, 3.63) is 105 Å². The third-order valence-corrected chi connectivity index (χ3v) is 5.84. The van der Waals surface area contributed by atoms with Crippen LogP contribution in [0.2, 0.25) is 0 Å². The summed E-state index contributed by atoms with van der Waals surface area (Å²) in [5.41, 5.74) is 2.49. The summed E-state index contributed by atoms with van der Waals surface area (Å²) in [6, 6.07) is 22.9. The van der Waals surface area contributed by atoms with Crippen molar-refractivity contribution in [1.29, 1.82) is 0 Å². The van der Waals surface area contributed by atoms with E-state index in [9.17, 15) is 14.9 Å². The van der Waals surface area contributed by atoms with Gasteiger partial charge in [-0.05, 0) is 53.6 Å². The number of benzene rings is 3. The van der Waals surface area contributed by atoms with Crippen LogP contribution < -0.4 is 9.64 Å². The Hall–Kier alpha value is -3.49. The average molecular weight is 449 g/mol. The van der Waals surface area contributed by atoms with Gasteiger partial charge in [0.1, 0.15) is 12.4 Å². The lowest BCUT2D eigenvalue weighted by atomic mass is 10.2. The summed E-state index contributed by atoms with van der Waals surface area (Å²) >= 11 is 6.66. The van der Waals surface area contributed by atoms with Crippen molar-refractivity contribution in [2.24, 2.45) is 0 Å². The number of carbonyl (C=O) groups is 1. The fourth-order valence-electron chi connectivity index (χ4n) is 2.96. The molecule has 1 aliphatic rings. The number of anilines is 1. The molecule has 3 aromatic carbocycles. The van der Waals surface area contributed by atoms with Crippen LogP contribution in [0.3, 0.4) is 0 Å². The number of carbonyl (C=O) groups excluding carboxylic acids is 1. The second-order valence-electron chi connectivity index (χ2n) is 6.63. The van der Waals surface area contributed by atoms with Crippen LogP contribution >= 0.6 is 24.0 Å². The number of nitro groups is 1. The molecule has 154 valence electrons. The molecule has 1 saturated heterocycles. The molecule has 8 heteroatoms. The van der Waals surface area contributed by atoms with Crippen LogP contribution in [0.4, 0.5) is 11.4 Å². The van der Waals surface area contributed by atoms with Gasteiger partial charge in [-0.2, -0.15) is 0 Å². The zero-order chi connectivity index (χ0) is 21.8. The average Bonchev–Trinajstić information content (AvgIpc) is 3.07. The van der Waals surface area contributed by atoms with Gasteiger partial charge in [0.25, 0.3) is 11.6 Å². The summed E-state index contributed by atoms with van der Waals surface area (Å²) in [5.74, 6) is 0.520. The minimum absolute atomic E-state index is 0.0470. The molecule has 6 nitrogen and oxygen atoms in total. The van der Waals surface area contributed by atoms with Gasteiger partial charge >= 0.3 is 0 Å². The van der Waals surface area contributed by atoms with Gasteiger partial charge in [0.15, 0.2) is 4.32 Å². The van der Waals surface area contributed by atoms with Crippen LogP contribution in [0.5, 0.6) is 5.75 Å². The van der Waals surface area contributed by atoms with Gasteiger partial charge in [-0.1, -0.05) is 54.3 Å². The molecule has 0 aliphatic carbocycles. The van der Waals surface area contributed by atoms with Crippen LogP contribution in [-0.2, 0) is 11.4 Å². The van der Waals surface area contributed by atoms with Crippen molar-refractivity contribution in [3.8, 4) is 5.75 Å². The van der Waals surface area contributed by atoms with E-state index in [2.05, 4.69) is 0 Å². The van der Waals surface area contributed by atoms with Crippen molar-refractivity contribution in [2.75, 3.05) is 4.90 Å². The summed E-state index contributed by atoms with van der Waals surface area (Å²) in [4.78, 5) is 25.2. The van der Waals surface area contributed by atoms with Gasteiger partial charge in [0.2, 0.25) is 0 Å². The first-order valence-electron chi connectivity index (χ1n) is 9.30. The second kappa shape index (κ2) is 9.11. The number of thiocarbonyl (C=S) groups is 1. The van der Waals surface area contributed by atoms with Crippen LogP contribution in [0, 0.1) is 10.1 Å². The molecule has 0 atom stereocenters. The number of hydrogen-bond acceptors (Lipinski definition) is 6. The van der Waals surface area contributed by atoms with Gasteiger partial charge in [-0.25, -0.2) is 0 Å². The van der Waals surface area contributed by atoms with Crippen molar-refractivity contribution in [2.45, 2.75) is 6.61 Å². The largest absolute Gasteiger partial charge is 0.489 e. The van der Waals surface area contributed by atoms with E-state index in [0.717, 1.165) is 16.8 Å². The fourth-order valence-corrected chi connectivity index (χ4v) is 4.26. The standard InChI is InChI=1S/C23H16N2O4S2/c26-22-21(31-23(30)24(22)18-4-2-1-3-5-18)14-16-8-12-20(13-9-16)29-15-17-6-10-19(11-7-17)25(27)28/h1-14H,15H2/b21-14+. The van der Waals surface area contributed by atoms with E-state index in [4.69, 9.17) is 17.0 Å². The normalized spacial score (nSPS) is 14.8. The molecule has 0 bridgehead atoms. The van der Waals surface area contributed by atoms with Crippen molar-refractivity contribution in [3.63, 3.8) is 0 Å². The van der Waals surface area contributed by atoms with Crippen LogP contribution in [0.1, 0.15) is 11.1 Å². The molecular formula is C23H16N2O4S2. The molecule has 1 amide bonds. The minimum Gasteiger partial charge on any atom is -0.489 e. The lowest BCUT2D eigenvalue weighted by Crippen LogP contribution is -2.27. The van der Waals surface area contributed by atoms with E-state index in [0.29, 0.717) is 21.6 Å². The predicted molar refractivity (Wildman–Crippen MR) is 126 cm³/mol. The van der Waals surface area contributed by atoms with E-state index in [1.54, 1.807) is 12.1 Å². The van der Waals surface area contributed by atoms with Gasteiger partial charge in [0, 0.05) is 12.1 Å². The zero-order valence-corrected chi connectivity index (χ0v) is 17.8. The fraction of sp³-hybridized carbons (Fsp3) is 0.0435. The van der Waals surface area contributed by atoms with E-state index in [1.807, 2.05) is 60.7 Å². The number of non-ortho nitro benzene ring substituents is 1. The maximum absolute atomic E-state index is 12.8. The molecule has 0 saturated carbocycles. The number of ether oxygens (including phenoxy) is 1. The molecule has 0 aromatic heterocycles. The highest BCUT2D eigenvalue weighted by molar-refractivity contribution is 8.27. The highest BCUT2D eigenvalue weighted by Crippen LogP contribution is 2.36. The molecule has 0 radical (unpaired) electrons. The number of rotatable bonds is 6. The van der Waals surface area contributed by atoms with E-state index in [1.165, 1.54) is 28.8 Å². The Kier molecular flexibility index (Phi) is 6.11. The molecule has 0 N–H and O–H groups in total. The first kappa shape index (κ1) is 20.8. The quantitative estimate of drug-likeness (QED) is 0.212. The van der Waals surface area contributed by atoms with Crippen molar-refractivity contribution >= 4 is 51.7 Å². The van der Waals surface area contributed by atoms with Crippen LogP contribution in [0.25, 0.3) is 6.08 Å². The van der Waals surface area contributed by atoms with Crippen LogP contribution in [0.15, 0.2) is 83.8 Å². The summed E-state index contributed by atoms with van der Waals surface area (Å²) in [6.45, 7) is 0.299. The van der Waals surface area contributed by atoms with E-state index in [-0.39, 0.29) is 11.6 Å². The number of nitrogens with zero attached hydrogens (tertiary/aromatic N) is 2. The summed E-state index contributed by atoms with van der Waals surface area (Å²) in [5, 5.41) is 10.7. The zero-order valence-electron chi connectivity index (χ0n) is 16.1. The smallest absolute Gasteiger partial charge is 0.270 e. The highest BCUT2D eigenvalue weighted by atomic mass is 32.2. The Balaban J connectivity index is 1.41. The Bertz CT molecular complexity index is 1160. The first-order chi connectivity index (χ1) is 15.0. The van der Waals surface area contributed by atoms with E-state index < -0.39 is 4.92 Å². The van der Waals surface area contributed by atoms with Crippen molar-refractivity contribution < 1.29 is 14.5 Å². The monoisotopic (exact) mass is 448 g/mol. The highest BCUT2D eigenvalue weighted by Gasteiger charge is 2.33. The number of para-hydroxylation sites is 1. The van der Waals surface area contributed by atoms with Crippen LogP contribution in [-0.4, -0.2) is 15.2 Å². The Morgan fingerprint density at radius 2 is 1.68 bits per heavy atom. The number of nitro benzene ring substituents is 1. The molecule has 1 heterocycles. The van der Waals surface area contributed by atoms with Gasteiger partial charge in [0.05, 0.1) is 15.5 Å². The Labute approximate surface area is 188 Å². The maximum atomic E-state index is 12.8. The molecule has 0 spiro atoms. The predicted octanol–water partition coefficient (Wildman–Crippen LogP) is 5.58.